The van der Waals surface area contributed by atoms with Gasteiger partial charge in [0.15, 0.2) is 4.99 Å². The van der Waals surface area contributed by atoms with Gasteiger partial charge in [-0.25, -0.2) is 4.99 Å². The van der Waals surface area contributed by atoms with Crippen molar-refractivity contribution in [1.82, 2.24) is 0 Å². The van der Waals surface area contributed by atoms with Crippen LogP contribution in [0.4, 0.5) is 0 Å². The zero-order valence-electron chi connectivity index (χ0n) is 4.31. The zero-order valence-corrected chi connectivity index (χ0v) is 5.95. The first-order valence-electron chi connectivity index (χ1n) is 1.97. The molecular weight excluding hydrogens is 162 g/mol. The molecule has 0 aliphatic carbocycles. The summed E-state index contributed by atoms with van der Waals surface area (Å²) in [4.78, 5) is 3.60. The summed E-state index contributed by atoms with van der Waals surface area (Å²) in [7, 11) is -2.16. The number of rotatable bonds is 0. The Morgan fingerprint density at radius 2 is 2.11 bits per heavy atom. The molecule has 50 valence electrons. The van der Waals surface area contributed by atoms with E-state index in [1.165, 1.54) is 12.3 Å². The third-order valence-corrected chi connectivity index (χ3v) is 1.28. The minimum Gasteiger partial charge on any atom is -0.241 e. The van der Waals surface area contributed by atoms with E-state index in [4.69, 9.17) is 0 Å². The van der Waals surface area contributed by atoms with Gasteiger partial charge in [-0.1, -0.05) is 0 Å². The SMILES string of the molecule is Cl.O=S(=O)=C1C=CC=N1. The molecule has 0 saturated heterocycles. The van der Waals surface area contributed by atoms with Gasteiger partial charge < -0.3 is 0 Å². The van der Waals surface area contributed by atoms with Crippen LogP contribution in [0.1, 0.15) is 0 Å². The van der Waals surface area contributed by atoms with E-state index in [9.17, 15) is 8.42 Å². The van der Waals surface area contributed by atoms with E-state index in [2.05, 4.69) is 4.99 Å². The second-order valence-electron chi connectivity index (χ2n) is 1.21. The van der Waals surface area contributed by atoms with Crippen LogP contribution in [0.3, 0.4) is 0 Å². The van der Waals surface area contributed by atoms with Gasteiger partial charge in [0.05, 0.1) is 0 Å². The highest BCUT2D eigenvalue weighted by atomic mass is 35.5. The zero-order chi connectivity index (χ0) is 5.98. The summed E-state index contributed by atoms with van der Waals surface area (Å²) in [6.07, 6.45) is 4.44. The Morgan fingerprint density at radius 1 is 1.44 bits per heavy atom. The predicted molar refractivity (Wildman–Crippen MR) is 38.8 cm³/mol. The van der Waals surface area contributed by atoms with Gasteiger partial charge in [0, 0.05) is 6.21 Å². The van der Waals surface area contributed by atoms with Crippen molar-refractivity contribution in [2.75, 3.05) is 0 Å². The normalized spacial score (nSPS) is 13.6. The van der Waals surface area contributed by atoms with Gasteiger partial charge in [-0.2, -0.15) is 8.42 Å². The van der Waals surface area contributed by atoms with Crippen LogP contribution in [0.5, 0.6) is 0 Å². The third kappa shape index (κ3) is 1.99. The van der Waals surface area contributed by atoms with Gasteiger partial charge >= 0.3 is 0 Å². The molecule has 0 atom stereocenters. The Kier molecular flexibility index (Phi) is 3.19. The number of aliphatic imine (C=N–C) groups is 1. The highest BCUT2D eigenvalue weighted by molar-refractivity contribution is 7.73. The van der Waals surface area contributed by atoms with Crippen molar-refractivity contribution in [3.8, 4) is 0 Å². The average Bonchev–Trinajstić information content (AvgIpc) is 2.12. The second kappa shape index (κ2) is 3.42. The first kappa shape index (κ1) is 8.39. The van der Waals surface area contributed by atoms with E-state index in [0.29, 0.717) is 0 Å². The number of nitrogens with zero attached hydrogens (tertiary/aromatic N) is 1. The molecule has 1 aliphatic rings. The van der Waals surface area contributed by atoms with Crippen LogP contribution < -0.4 is 0 Å². The fourth-order valence-electron chi connectivity index (χ4n) is 0.383. The van der Waals surface area contributed by atoms with E-state index in [1.807, 2.05) is 0 Å². The molecule has 1 aliphatic heterocycles. The van der Waals surface area contributed by atoms with Crippen molar-refractivity contribution in [1.29, 1.82) is 0 Å². The largest absolute Gasteiger partial charge is 0.241 e. The molecule has 0 N–H and O–H groups in total. The summed E-state index contributed by atoms with van der Waals surface area (Å²) < 4.78 is 20.0. The van der Waals surface area contributed by atoms with Gasteiger partial charge in [0.2, 0.25) is 10.3 Å². The van der Waals surface area contributed by atoms with Crippen LogP contribution in [0.15, 0.2) is 17.1 Å². The van der Waals surface area contributed by atoms with Crippen molar-refractivity contribution < 1.29 is 8.42 Å². The lowest BCUT2D eigenvalue weighted by molar-refractivity contribution is 0.627. The molecule has 0 fully saturated rings. The summed E-state index contributed by atoms with van der Waals surface area (Å²) >= 11 is 0. The lowest BCUT2D eigenvalue weighted by Gasteiger charge is -1.69. The topological polar surface area (TPSA) is 46.5 Å². The quantitative estimate of drug-likeness (QED) is 0.477. The van der Waals surface area contributed by atoms with Crippen molar-refractivity contribution in [2.45, 2.75) is 0 Å². The van der Waals surface area contributed by atoms with Crippen LogP contribution in [0.25, 0.3) is 0 Å². The predicted octanol–water partition coefficient (Wildman–Crippen LogP) is 0.0578. The smallest absolute Gasteiger partial charge is 0.240 e. The van der Waals surface area contributed by atoms with Gasteiger partial charge in [0.1, 0.15) is 0 Å². The molecule has 0 amide bonds. The molecular formula is C4H4ClNO2S. The summed E-state index contributed by atoms with van der Waals surface area (Å²) in [5.41, 5.74) is 0. The average molecular weight is 166 g/mol. The van der Waals surface area contributed by atoms with Crippen LogP contribution in [-0.2, 0) is 10.3 Å². The Labute approximate surface area is 60.0 Å². The van der Waals surface area contributed by atoms with E-state index < -0.39 is 10.3 Å². The van der Waals surface area contributed by atoms with Crippen LogP contribution in [0, 0.1) is 0 Å². The lowest BCUT2D eigenvalue weighted by atomic mass is 10.6. The maximum atomic E-state index is 10.00. The minimum absolute atomic E-state index is 0. The summed E-state index contributed by atoms with van der Waals surface area (Å²) in [5.74, 6) is 0. The molecule has 9 heavy (non-hydrogen) atoms. The highest BCUT2D eigenvalue weighted by Crippen LogP contribution is 1.86. The summed E-state index contributed by atoms with van der Waals surface area (Å²) in [5, 5.41) is 0. The van der Waals surface area contributed by atoms with Gasteiger partial charge in [0.25, 0.3) is 0 Å². The Morgan fingerprint density at radius 3 is 2.33 bits per heavy atom. The van der Waals surface area contributed by atoms with E-state index in [0.717, 1.165) is 0 Å². The van der Waals surface area contributed by atoms with E-state index >= 15 is 0 Å². The van der Waals surface area contributed by atoms with Gasteiger partial charge in [-0.15, -0.1) is 12.4 Å². The number of hydrogen-bond acceptors (Lipinski definition) is 2. The molecule has 0 saturated carbocycles. The summed E-state index contributed by atoms with van der Waals surface area (Å²) in [6.45, 7) is 0. The number of hydrogen-bond donors (Lipinski definition) is 0. The molecule has 1 heterocycles. The molecule has 0 bridgehead atoms. The molecule has 5 heteroatoms. The fraction of sp³-hybridized carbons (Fsp3) is 0. The standard InChI is InChI=1S/C4H3NO2S.ClH/c6-8(7)4-2-1-3-5-4;/h1-3H;1H. The summed E-state index contributed by atoms with van der Waals surface area (Å²) in [6, 6.07) is 0. The Bertz CT molecular complexity index is 253. The molecule has 0 spiro atoms. The molecule has 0 radical (unpaired) electrons. The van der Waals surface area contributed by atoms with E-state index in [-0.39, 0.29) is 17.4 Å². The molecule has 0 aromatic carbocycles. The Balaban J connectivity index is 0.000000640. The first-order chi connectivity index (χ1) is 3.80. The fourth-order valence-corrected chi connectivity index (χ4v) is 0.720. The molecule has 1 rings (SSSR count). The van der Waals surface area contributed by atoms with E-state index in [1.54, 1.807) is 6.08 Å². The maximum absolute atomic E-state index is 10.00. The van der Waals surface area contributed by atoms with Crippen LogP contribution in [-0.4, -0.2) is 19.6 Å². The first-order valence-corrected chi connectivity index (χ1v) is 3.05. The maximum Gasteiger partial charge on any atom is 0.240 e. The van der Waals surface area contributed by atoms with Crippen LogP contribution >= 0.6 is 12.4 Å². The molecule has 0 aromatic rings. The second-order valence-corrected chi connectivity index (χ2v) is 2.10. The van der Waals surface area contributed by atoms with Crippen LogP contribution in [0.2, 0.25) is 0 Å². The van der Waals surface area contributed by atoms with Gasteiger partial charge in [-0.3, -0.25) is 0 Å². The molecule has 0 unspecified atom stereocenters. The van der Waals surface area contributed by atoms with Crippen molar-refractivity contribution in [3.05, 3.63) is 12.2 Å². The molecule has 0 aromatic heterocycles. The molecule has 3 nitrogen and oxygen atoms in total. The van der Waals surface area contributed by atoms with Gasteiger partial charge in [-0.05, 0) is 12.2 Å². The number of allylic oxidation sites excluding steroid dienone is 1. The van der Waals surface area contributed by atoms with Crippen molar-refractivity contribution in [2.24, 2.45) is 4.99 Å². The monoisotopic (exact) mass is 165 g/mol. The highest BCUT2D eigenvalue weighted by Gasteiger charge is 1.93. The lowest BCUT2D eigenvalue weighted by Crippen LogP contribution is -1.82. The number of halogens is 1. The van der Waals surface area contributed by atoms with Crippen molar-refractivity contribution in [3.63, 3.8) is 0 Å². The Hall–Kier alpha value is -0.610. The van der Waals surface area contributed by atoms with Crippen molar-refractivity contribution >= 4 is 33.9 Å². The minimum atomic E-state index is -2.16. The third-order valence-electron chi connectivity index (χ3n) is 0.697.